The summed E-state index contributed by atoms with van der Waals surface area (Å²) in [6.07, 6.45) is -4.55. The molecule has 2 N–H and O–H groups in total. The third kappa shape index (κ3) is 9.37. The highest BCUT2D eigenvalue weighted by atomic mass is 35.5. The van der Waals surface area contributed by atoms with Crippen LogP contribution in [0.4, 0.5) is 13.2 Å². The minimum Gasteiger partial charge on any atom is -0.497 e. The minimum atomic E-state index is -5.14. The molecule has 0 bridgehead atoms. The number of benzene rings is 2. The molecule has 0 aliphatic heterocycles. The van der Waals surface area contributed by atoms with Crippen molar-refractivity contribution < 1.29 is 37.1 Å². The summed E-state index contributed by atoms with van der Waals surface area (Å²) in [6.45, 7) is 2.82. The third-order valence-electron chi connectivity index (χ3n) is 6.73. The van der Waals surface area contributed by atoms with Gasteiger partial charge in [-0.3, -0.25) is 24.2 Å². The van der Waals surface area contributed by atoms with Gasteiger partial charge < -0.3 is 15.4 Å². The van der Waals surface area contributed by atoms with Crippen LogP contribution in [0, 0.1) is 11.8 Å². The maximum absolute atomic E-state index is 13.7. The standard InChI is InChI=1S/C31H31ClF3N3O5/c1-18(2)23(28(40)31(33,34)35)17-26(39)27(20-9-7-11-22(16-20)43-3)38-30(42)25(15-19-8-6-10-21(32)14-19)37-29(41)24-12-4-5-13-36-24/h4-14,16,18,23,25,27H,15,17H2,1-3H3,(H,37,41)(H,38,42)/t23-,25-,27-/m0/s1. The van der Waals surface area contributed by atoms with Crippen LogP contribution >= 0.6 is 11.6 Å². The first kappa shape index (κ1) is 33.3. The summed E-state index contributed by atoms with van der Waals surface area (Å²) in [5, 5.41) is 5.61. The molecule has 1 heterocycles. The van der Waals surface area contributed by atoms with Crippen LogP contribution in [-0.4, -0.2) is 47.7 Å². The number of nitrogens with zero attached hydrogens (tertiary/aromatic N) is 1. The van der Waals surface area contributed by atoms with E-state index in [0.717, 1.165) is 0 Å². The van der Waals surface area contributed by atoms with Crippen LogP contribution in [0.2, 0.25) is 5.02 Å². The summed E-state index contributed by atoms with van der Waals surface area (Å²) in [7, 11) is 1.39. The second-order valence-electron chi connectivity index (χ2n) is 10.2. The Morgan fingerprint density at radius 3 is 2.28 bits per heavy atom. The highest BCUT2D eigenvalue weighted by molar-refractivity contribution is 6.30. The van der Waals surface area contributed by atoms with Crippen molar-refractivity contribution in [1.82, 2.24) is 15.6 Å². The zero-order chi connectivity index (χ0) is 31.7. The minimum absolute atomic E-state index is 0.0365. The molecule has 0 spiro atoms. The molecule has 12 heteroatoms. The maximum atomic E-state index is 13.7. The summed E-state index contributed by atoms with van der Waals surface area (Å²) in [6, 6.07) is 14.7. The van der Waals surface area contributed by atoms with Crippen molar-refractivity contribution in [3.8, 4) is 5.75 Å². The number of rotatable bonds is 13. The number of ketones is 2. The smallest absolute Gasteiger partial charge is 0.450 e. The van der Waals surface area contributed by atoms with Crippen LogP contribution in [0.5, 0.6) is 5.75 Å². The van der Waals surface area contributed by atoms with E-state index in [4.69, 9.17) is 16.3 Å². The van der Waals surface area contributed by atoms with Crippen LogP contribution < -0.4 is 15.4 Å². The summed E-state index contributed by atoms with van der Waals surface area (Å²) in [4.78, 5) is 56.5. The van der Waals surface area contributed by atoms with Crippen LogP contribution in [0.3, 0.4) is 0 Å². The molecular weight excluding hydrogens is 587 g/mol. The van der Waals surface area contributed by atoms with Crippen molar-refractivity contribution in [3.63, 3.8) is 0 Å². The number of Topliss-reactive ketones (excluding diaryl/α,β-unsaturated/α-hetero) is 2. The first-order chi connectivity index (χ1) is 20.3. The van der Waals surface area contributed by atoms with Gasteiger partial charge in [-0.1, -0.05) is 55.8 Å². The van der Waals surface area contributed by atoms with Gasteiger partial charge in [0.25, 0.3) is 5.91 Å². The van der Waals surface area contributed by atoms with Crippen molar-refractivity contribution in [1.29, 1.82) is 0 Å². The second-order valence-corrected chi connectivity index (χ2v) is 10.6. The largest absolute Gasteiger partial charge is 0.497 e. The fourth-order valence-electron chi connectivity index (χ4n) is 4.43. The van der Waals surface area contributed by atoms with Gasteiger partial charge in [0, 0.05) is 30.0 Å². The Hall–Kier alpha value is -4.25. The number of halogens is 4. The van der Waals surface area contributed by atoms with E-state index in [2.05, 4.69) is 15.6 Å². The lowest BCUT2D eigenvalue weighted by Gasteiger charge is -2.26. The number of ether oxygens (including phenoxy) is 1. The summed E-state index contributed by atoms with van der Waals surface area (Å²) < 4.78 is 45.3. The number of carbonyl (C=O) groups is 4. The van der Waals surface area contributed by atoms with Gasteiger partial charge in [-0.25, -0.2) is 0 Å². The maximum Gasteiger partial charge on any atom is 0.450 e. The van der Waals surface area contributed by atoms with Crippen molar-refractivity contribution in [2.45, 2.75) is 44.9 Å². The average Bonchev–Trinajstić information content (AvgIpc) is 2.97. The van der Waals surface area contributed by atoms with Gasteiger partial charge in [-0.15, -0.1) is 0 Å². The summed E-state index contributed by atoms with van der Waals surface area (Å²) in [5.74, 6) is -6.45. The molecule has 43 heavy (non-hydrogen) atoms. The summed E-state index contributed by atoms with van der Waals surface area (Å²) >= 11 is 6.11. The normalized spacial score (nSPS) is 13.5. The first-order valence-electron chi connectivity index (χ1n) is 13.3. The molecule has 0 unspecified atom stereocenters. The van der Waals surface area contributed by atoms with Crippen molar-refractivity contribution in [2.75, 3.05) is 7.11 Å². The predicted octanol–water partition coefficient (Wildman–Crippen LogP) is 5.31. The van der Waals surface area contributed by atoms with Crippen molar-refractivity contribution in [3.05, 3.63) is 94.8 Å². The number of alkyl halides is 3. The predicted molar refractivity (Wildman–Crippen MR) is 154 cm³/mol. The number of carbonyl (C=O) groups excluding carboxylic acids is 4. The average molecular weight is 618 g/mol. The number of hydrogen-bond donors (Lipinski definition) is 2. The van der Waals surface area contributed by atoms with Gasteiger partial charge in [0.15, 0.2) is 5.78 Å². The Labute approximate surface area is 252 Å². The molecule has 3 rings (SSSR count). The number of hydrogen-bond acceptors (Lipinski definition) is 6. The van der Waals surface area contributed by atoms with E-state index in [1.165, 1.54) is 45.4 Å². The summed E-state index contributed by atoms with van der Waals surface area (Å²) in [5.41, 5.74) is 0.850. The van der Waals surface area contributed by atoms with Crippen molar-refractivity contribution in [2.24, 2.45) is 11.8 Å². The Kier molecular flexibility index (Phi) is 11.4. The fourth-order valence-corrected chi connectivity index (χ4v) is 4.64. The van der Waals surface area contributed by atoms with Crippen LogP contribution in [0.1, 0.15) is 47.9 Å². The molecular formula is C31H31ClF3N3O5. The van der Waals surface area contributed by atoms with Gasteiger partial charge in [0.1, 0.15) is 23.5 Å². The van der Waals surface area contributed by atoms with Gasteiger partial charge in [-0.05, 0) is 53.4 Å². The Balaban J connectivity index is 1.97. The Bertz CT molecular complexity index is 1450. The van der Waals surface area contributed by atoms with Gasteiger partial charge in [0.05, 0.1) is 7.11 Å². The number of nitrogens with one attached hydrogen (secondary N) is 2. The molecule has 2 amide bonds. The van der Waals surface area contributed by atoms with E-state index in [1.54, 1.807) is 48.5 Å². The van der Waals surface area contributed by atoms with Gasteiger partial charge in [-0.2, -0.15) is 13.2 Å². The Morgan fingerprint density at radius 2 is 1.67 bits per heavy atom. The van der Waals surface area contributed by atoms with E-state index < -0.39 is 59.9 Å². The molecule has 0 aliphatic rings. The number of pyridine rings is 1. The van der Waals surface area contributed by atoms with Gasteiger partial charge in [0.2, 0.25) is 11.7 Å². The second kappa shape index (κ2) is 14.8. The Morgan fingerprint density at radius 1 is 0.953 bits per heavy atom. The molecule has 0 saturated heterocycles. The number of methoxy groups -OCH3 is 1. The van der Waals surface area contributed by atoms with Crippen LogP contribution in [0.15, 0.2) is 72.9 Å². The zero-order valence-corrected chi connectivity index (χ0v) is 24.4. The molecule has 3 aromatic rings. The highest BCUT2D eigenvalue weighted by Gasteiger charge is 2.45. The van der Waals surface area contributed by atoms with E-state index in [0.29, 0.717) is 16.3 Å². The fraction of sp³-hybridized carbons (Fsp3) is 0.323. The first-order valence-corrected chi connectivity index (χ1v) is 13.7. The molecule has 0 radical (unpaired) electrons. The van der Waals surface area contributed by atoms with E-state index in [9.17, 15) is 32.3 Å². The topological polar surface area (TPSA) is 114 Å². The SMILES string of the molecule is COc1cccc([C@H](NC(=O)[C@H](Cc2cccc(Cl)c2)NC(=O)c2ccccn2)C(=O)C[C@H](C(=O)C(F)(F)F)C(C)C)c1. The van der Waals surface area contributed by atoms with Crippen LogP contribution in [0.25, 0.3) is 0 Å². The van der Waals surface area contributed by atoms with Crippen LogP contribution in [-0.2, 0) is 20.8 Å². The molecule has 0 saturated carbocycles. The number of amides is 2. The van der Waals surface area contributed by atoms with Crippen molar-refractivity contribution >= 4 is 35.0 Å². The van der Waals surface area contributed by atoms with Gasteiger partial charge >= 0.3 is 6.18 Å². The van der Waals surface area contributed by atoms with E-state index in [1.807, 2.05) is 0 Å². The highest BCUT2D eigenvalue weighted by Crippen LogP contribution is 2.30. The molecule has 0 fully saturated rings. The lowest BCUT2D eigenvalue weighted by molar-refractivity contribution is -0.177. The molecule has 0 aliphatic carbocycles. The molecule has 8 nitrogen and oxygen atoms in total. The van der Waals surface area contributed by atoms with E-state index >= 15 is 0 Å². The third-order valence-corrected chi connectivity index (χ3v) is 6.96. The molecule has 228 valence electrons. The molecule has 3 atom stereocenters. The monoisotopic (exact) mass is 617 g/mol. The number of aromatic nitrogens is 1. The lowest BCUT2D eigenvalue weighted by atomic mass is 9.84. The zero-order valence-electron chi connectivity index (χ0n) is 23.7. The quantitative estimate of drug-likeness (QED) is 0.269. The van der Waals surface area contributed by atoms with E-state index in [-0.39, 0.29) is 17.7 Å². The molecule has 2 aromatic carbocycles. The lowest BCUT2D eigenvalue weighted by Crippen LogP contribution is -2.50. The molecule has 1 aromatic heterocycles.